The second-order valence-electron chi connectivity index (χ2n) is 8.64. The second kappa shape index (κ2) is 8.01. The summed E-state index contributed by atoms with van der Waals surface area (Å²) in [4.78, 5) is 23.6. The highest BCUT2D eigenvalue weighted by molar-refractivity contribution is 6.00. The smallest absolute Gasteiger partial charge is 0.323 e. The number of aliphatic carboxylic acids is 1. The first-order valence-corrected chi connectivity index (χ1v) is 10.5. The van der Waals surface area contributed by atoms with Crippen LogP contribution in [0.4, 0.5) is 16.2 Å². The molecule has 0 aromatic heterocycles. The molecular formula is C24H28N2O4. The molecule has 0 bridgehead atoms. The lowest BCUT2D eigenvalue weighted by atomic mass is 9.76. The van der Waals surface area contributed by atoms with Crippen LogP contribution in [0.5, 0.6) is 5.75 Å². The van der Waals surface area contributed by atoms with Crippen LogP contribution in [0.25, 0.3) is 0 Å². The summed E-state index contributed by atoms with van der Waals surface area (Å²) in [5.74, 6) is 0.313. The Morgan fingerprint density at radius 2 is 1.77 bits per heavy atom. The number of rotatable bonds is 5. The fourth-order valence-corrected chi connectivity index (χ4v) is 4.82. The monoisotopic (exact) mass is 408 g/mol. The van der Waals surface area contributed by atoms with Gasteiger partial charge in [0.05, 0.1) is 18.7 Å². The zero-order chi connectivity index (χ0) is 21.3. The largest absolute Gasteiger partial charge is 0.495 e. The molecule has 2 aliphatic carbocycles. The minimum Gasteiger partial charge on any atom is -0.495 e. The second-order valence-corrected chi connectivity index (χ2v) is 8.64. The van der Waals surface area contributed by atoms with Crippen molar-refractivity contribution in [2.24, 2.45) is 11.3 Å². The molecular weight excluding hydrogens is 380 g/mol. The molecule has 3 N–H and O–H groups in total. The summed E-state index contributed by atoms with van der Waals surface area (Å²) >= 11 is 0. The van der Waals surface area contributed by atoms with Gasteiger partial charge in [0, 0.05) is 5.69 Å². The molecule has 1 atom stereocenters. The van der Waals surface area contributed by atoms with E-state index in [-0.39, 0.29) is 17.4 Å². The molecule has 30 heavy (non-hydrogen) atoms. The van der Waals surface area contributed by atoms with Crippen LogP contribution >= 0.6 is 0 Å². The molecule has 158 valence electrons. The maximum absolute atomic E-state index is 12.4. The first-order chi connectivity index (χ1) is 14.4. The third-order valence-electron chi connectivity index (χ3n) is 6.71. The molecule has 6 heteroatoms. The zero-order valence-electron chi connectivity index (χ0n) is 17.4. The van der Waals surface area contributed by atoms with Crippen LogP contribution in [0.2, 0.25) is 0 Å². The topological polar surface area (TPSA) is 87.7 Å². The lowest BCUT2D eigenvalue weighted by Gasteiger charge is -2.29. The van der Waals surface area contributed by atoms with Crippen molar-refractivity contribution in [1.29, 1.82) is 0 Å². The summed E-state index contributed by atoms with van der Waals surface area (Å²) < 4.78 is 5.30. The van der Waals surface area contributed by atoms with E-state index in [1.165, 1.54) is 5.56 Å². The highest BCUT2D eigenvalue weighted by atomic mass is 16.5. The number of carboxylic acid groups (broad SMARTS) is 1. The Bertz CT molecular complexity index is 946. The minimum absolute atomic E-state index is 0.0682. The van der Waals surface area contributed by atoms with Crippen LogP contribution in [0.15, 0.2) is 42.5 Å². The number of benzene rings is 2. The Labute approximate surface area is 176 Å². The van der Waals surface area contributed by atoms with Gasteiger partial charge in [-0.1, -0.05) is 18.2 Å². The number of ether oxygens (including phenoxy) is 1. The van der Waals surface area contributed by atoms with Gasteiger partial charge in [0.15, 0.2) is 0 Å². The van der Waals surface area contributed by atoms with E-state index in [0.717, 1.165) is 43.4 Å². The van der Waals surface area contributed by atoms with Crippen molar-refractivity contribution in [1.82, 2.24) is 0 Å². The lowest BCUT2D eigenvalue weighted by Crippen LogP contribution is -2.20. The van der Waals surface area contributed by atoms with Crippen molar-refractivity contribution < 1.29 is 19.4 Å². The summed E-state index contributed by atoms with van der Waals surface area (Å²) in [5, 5.41) is 14.9. The molecule has 0 saturated heterocycles. The summed E-state index contributed by atoms with van der Waals surface area (Å²) in [5.41, 5.74) is 3.71. The summed E-state index contributed by atoms with van der Waals surface area (Å²) in [7, 11) is 1.57. The van der Waals surface area contributed by atoms with E-state index < -0.39 is 5.97 Å². The van der Waals surface area contributed by atoms with E-state index in [0.29, 0.717) is 17.4 Å². The van der Waals surface area contributed by atoms with Gasteiger partial charge in [-0.15, -0.1) is 0 Å². The molecule has 2 amide bonds. The third kappa shape index (κ3) is 4.13. The summed E-state index contributed by atoms with van der Waals surface area (Å²) in [6, 6.07) is 13.3. The molecule has 0 heterocycles. The Morgan fingerprint density at radius 1 is 1.07 bits per heavy atom. The van der Waals surface area contributed by atoms with Gasteiger partial charge in [-0.2, -0.15) is 0 Å². The molecule has 1 unspecified atom stereocenters. The van der Waals surface area contributed by atoms with Crippen molar-refractivity contribution in [2.45, 2.75) is 44.9 Å². The van der Waals surface area contributed by atoms with E-state index in [9.17, 15) is 14.7 Å². The maximum atomic E-state index is 12.4. The molecule has 2 aromatic rings. The standard InChI is InChI=1S/C24H28N2O4/c1-15-3-8-21(30-2)20(13-15)26-23(29)25-18-6-4-16(5-7-18)17-9-11-24(12-10-17)14-19(24)22(27)28/h3-8,13,17,19H,9-12,14H2,1-2H3,(H,27,28)(H2,25,26,29). The van der Waals surface area contributed by atoms with Crippen molar-refractivity contribution in [3.63, 3.8) is 0 Å². The number of nitrogens with one attached hydrogen (secondary N) is 2. The third-order valence-corrected chi connectivity index (χ3v) is 6.71. The molecule has 2 aromatic carbocycles. The minimum atomic E-state index is -0.634. The molecule has 2 saturated carbocycles. The number of carboxylic acids is 1. The van der Waals surface area contributed by atoms with E-state index in [2.05, 4.69) is 22.8 Å². The van der Waals surface area contributed by atoms with Gasteiger partial charge in [0.25, 0.3) is 0 Å². The van der Waals surface area contributed by atoms with E-state index in [1.807, 2.05) is 37.3 Å². The van der Waals surface area contributed by atoms with Crippen LogP contribution in [-0.2, 0) is 4.79 Å². The lowest BCUT2D eigenvalue weighted by molar-refractivity contribution is -0.139. The number of amides is 2. The first-order valence-electron chi connectivity index (χ1n) is 10.5. The average Bonchev–Trinajstić information content (AvgIpc) is 3.43. The first kappa shape index (κ1) is 20.3. The number of carbonyl (C=O) groups excluding carboxylic acids is 1. The van der Waals surface area contributed by atoms with Crippen LogP contribution in [0.1, 0.15) is 49.1 Å². The zero-order valence-corrected chi connectivity index (χ0v) is 17.4. The van der Waals surface area contributed by atoms with Gasteiger partial charge in [-0.3, -0.25) is 4.79 Å². The van der Waals surface area contributed by atoms with Crippen LogP contribution in [0, 0.1) is 18.3 Å². The van der Waals surface area contributed by atoms with Crippen molar-refractivity contribution in [3.8, 4) is 5.75 Å². The molecule has 4 rings (SSSR count). The number of anilines is 2. The Hall–Kier alpha value is -3.02. The fourth-order valence-electron chi connectivity index (χ4n) is 4.82. The number of carbonyl (C=O) groups is 2. The van der Waals surface area contributed by atoms with E-state index in [4.69, 9.17) is 4.74 Å². The molecule has 0 radical (unpaired) electrons. The van der Waals surface area contributed by atoms with Crippen LogP contribution in [0.3, 0.4) is 0 Å². The molecule has 6 nitrogen and oxygen atoms in total. The Balaban J connectivity index is 1.33. The van der Waals surface area contributed by atoms with Gasteiger partial charge >= 0.3 is 12.0 Å². The predicted molar refractivity (Wildman–Crippen MR) is 116 cm³/mol. The van der Waals surface area contributed by atoms with Crippen molar-refractivity contribution in [3.05, 3.63) is 53.6 Å². The highest BCUT2D eigenvalue weighted by Crippen LogP contribution is 2.63. The van der Waals surface area contributed by atoms with Gasteiger partial charge in [0.1, 0.15) is 5.75 Å². The van der Waals surface area contributed by atoms with Crippen molar-refractivity contribution in [2.75, 3.05) is 17.7 Å². The molecule has 2 aliphatic rings. The quantitative estimate of drug-likeness (QED) is 0.618. The average molecular weight is 408 g/mol. The van der Waals surface area contributed by atoms with Crippen LogP contribution in [-0.4, -0.2) is 24.2 Å². The van der Waals surface area contributed by atoms with E-state index >= 15 is 0 Å². The molecule has 1 spiro atoms. The Kier molecular flexibility index (Phi) is 5.41. The van der Waals surface area contributed by atoms with Crippen LogP contribution < -0.4 is 15.4 Å². The van der Waals surface area contributed by atoms with Crippen molar-refractivity contribution >= 4 is 23.4 Å². The van der Waals surface area contributed by atoms with Gasteiger partial charge in [-0.05, 0) is 85.8 Å². The van der Waals surface area contributed by atoms with E-state index in [1.54, 1.807) is 7.11 Å². The highest BCUT2D eigenvalue weighted by Gasteiger charge is 2.58. The number of hydrogen-bond donors (Lipinski definition) is 3. The predicted octanol–water partition coefficient (Wildman–Crippen LogP) is 5.40. The van der Waals surface area contributed by atoms with Gasteiger partial charge < -0.3 is 20.5 Å². The normalized spacial score (nSPS) is 24.9. The molecule has 2 fully saturated rings. The fraction of sp³-hybridized carbons (Fsp3) is 0.417. The number of hydrogen-bond acceptors (Lipinski definition) is 3. The maximum Gasteiger partial charge on any atom is 0.323 e. The van der Waals surface area contributed by atoms with Gasteiger partial charge in [-0.25, -0.2) is 4.79 Å². The summed E-state index contributed by atoms with van der Waals surface area (Å²) in [6.45, 7) is 1.96. The Morgan fingerprint density at radius 3 is 2.37 bits per heavy atom. The summed E-state index contributed by atoms with van der Waals surface area (Å²) in [6.07, 6.45) is 4.90. The number of methoxy groups -OCH3 is 1. The number of urea groups is 1. The molecule has 0 aliphatic heterocycles. The van der Waals surface area contributed by atoms with Gasteiger partial charge in [0.2, 0.25) is 0 Å². The number of aryl methyl sites for hydroxylation is 1. The SMILES string of the molecule is COc1ccc(C)cc1NC(=O)Nc1ccc(C2CCC3(CC2)CC3C(=O)O)cc1.